The summed E-state index contributed by atoms with van der Waals surface area (Å²) in [5, 5.41) is 6.95. The van der Waals surface area contributed by atoms with Crippen LogP contribution >= 0.6 is 24.0 Å². The fraction of sp³-hybridized carbons (Fsp3) is 0.462. The number of benzene rings is 1. The number of nitrogens with one attached hydrogen (secondary N) is 2. The highest BCUT2D eigenvalue weighted by Crippen LogP contribution is 2.24. The lowest BCUT2D eigenvalue weighted by Crippen LogP contribution is -2.44. The maximum absolute atomic E-state index is 5.79. The van der Waals surface area contributed by atoms with Crippen molar-refractivity contribution >= 4 is 29.9 Å². The number of guanidine groups is 1. The molecule has 8 heteroatoms. The van der Waals surface area contributed by atoms with E-state index in [1.54, 1.807) is 6.26 Å². The summed E-state index contributed by atoms with van der Waals surface area (Å²) in [7, 11) is 0. The number of aliphatic imine (C=N–C) groups is 1. The van der Waals surface area contributed by atoms with Crippen LogP contribution in [0.3, 0.4) is 0 Å². The van der Waals surface area contributed by atoms with E-state index in [0.29, 0.717) is 6.54 Å². The molecule has 3 aromatic rings. The van der Waals surface area contributed by atoms with Gasteiger partial charge in [0.05, 0.1) is 18.8 Å². The zero-order valence-electron chi connectivity index (χ0n) is 20.2. The fourth-order valence-corrected chi connectivity index (χ4v) is 4.42. The molecule has 0 amide bonds. The first-order chi connectivity index (χ1) is 16.2. The second-order valence-electron chi connectivity index (χ2n) is 8.63. The highest BCUT2D eigenvalue weighted by Gasteiger charge is 2.24. The molecule has 1 aromatic carbocycles. The van der Waals surface area contributed by atoms with Gasteiger partial charge in [-0.05, 0) is 63.0 Å². The van der Waals surface area contributed by atoms with Crippen LogP contribution in [0.15, 0.2) is 64.5 Å². The summed E-state index contributed by atoms with van der Waals surface area (Å²) in [6.45, 7) is 9.39. The van der Waals surface area contributed by atoms with Crippen LogP contribution in [0.5, 0.6) is 0 Å². The molecular formula is C26H37IN6O. The van der Waals surface area contributed by atoms with Crippen molar-refractivity contribution in [3.8, 4) is 0 Å². The molecule has 0 spiro atoms. The highest BCUT2D eigenvalue weighted by atomic mass is 127. The fourth-order valence-electron chi connectivity index (χ4n) is 4.42. The van der Waals surface area contributed by atoms with E-state index in [4.69, 9.17) is 9.41 Å². The summed E-state index contributed by atoms with van der Waals surface area (Å²) in [5.74, 6) is 2.88. The van der Waals surface area contributed by atoms with Gasteiger partial charge in [-0.25, -0.2) is 9.98 Å². The number of nitrogens with zero attached hydrogens (tertiary/aromatic N) is 4. The lowest BCUT2D eigenvalue weighted by Gasteiger charge is -2.33. The third-order valence-electron chi connectivity index (χ3n) is 6.20. The van der Waals surface area contributed by atoms with Crippen molar-refractivity contribution in [2.45, 2.75) is 52.2 Å². The third kappa shape index (κ3) is 7.33. The van der Waals surface area contributed by atoms with Gasteiger partial charge in [0.15, 0.2) is 5.96 Å². The smallest absolute Gasteiger partial charge is 0.191 e. The summed E-state index contributed by atoms with van der Waals surface area (Å²) >= 11 is 0. The quantitative estimate of drug-likeness (QED) is 0.219. The van der Waals surface area contributed by atoms with Crippen LogP contribution < -0.4 is 10.6 Å². The van der Waals surface area contributed by atoms with Crippen LogP contribution in [0.4, 0.5) is 0 Å². The van der Waals surface area contributed by atoms with E-state index in [1.807, 2.05) is 25.4 Å². The molecule has 0 aliphatic carbocycles. The largest absolute Gasteiger partial charge is 0.468 e. The normalized spacial score (nSPS) is 15.5. The van der Waals surface area contributed by atoms with Gasteiger partial charge in [0.2, 0.25) is 0 Å². The molecule has 1 unspecified atom stereocenters. The summed E-state index contributed by atoms with van der Waals surface area (Å²) < 4.78 is 7.94. The molecule has 4 rings (SSSR count). The zero-order chi connectivity index (χ0) is 22.9. The molecule has 1 aliphatic heterocycles. The van der Waals surface area contributed by atoms with E-state index in [-0.39, 0.29) is 30.0 Å². The molecule has 2 aromatic heterocycles. The number of aryl methyl sites for hydroxylation is 1. The predicted molar refractivity (Wildman–Crippen MR) is 148 cm³/mol. The number of likely N-dealkylation sites (tertiary alicyclic amines) is 1. The molecule has 1 saturated heterocycles. The summed E-state index contributed by atoms with van der Waals surface area (Å²) in [6, 6.07) is 12.9. The number of rotatable bonds is 9. The number of aromatic nitrogens is 2. The molecule has 184 valence electrons. The zero-order valence-corrected chi connectivity index (χ0v) is 22.6. The Kier molecular flexibility index (Phi) is 10.5. The van der Waals surface area contributed by atoms with Crippen LogP contribution in [0.2, 0.25) is 0 Å². The van der Waals surface area contributed by atoms with Gasteiger partial charge < -0.3 is 19.6 Å². The van der Waals surface area contributed by atoms with E-state index < -0.39 is 0 Å². The molecule has 3 heterocycles. The Hall–Kier alpha value is -2.33. The number of furan rings is 1. The van der Waals surface area contributed by atoms with Crippen LogP contribution in [0.25, 0.3) is 0 Å². The Morgan fingerprint density at radius 2 is 1.94 bits per heavy atom. The molecule has 1 atom stereocenters. The number of hydrogen-bond acceptors (Lipinski definition) is 4. The van der Waals surface area contributed by atoms with Crippen LogP contribution in [-0.2, 0) is 13.1 Å². The maximum atomic E-state index is 5.79. The van der Waals surface area contributed by atoms with E-state index in [2.05, 4.69) is 62.3 Å². The lowest BCUT2D eigenvalue weighted by molar-refractivity contribution is 0.146. The predicted octanol–water partition coefficient (Wildman–Crippen LogP) is 4.73. The molecule has 0 bridgehead atoms. The van der Waals surface area contributed by atoms with Crippen molar-refractivity contribution in [1.29, 1.82) is 0 Å². The summed E-state index contributed by atoms with van der Waals surface area (Å²) in [5.41, 5.74) is 2.45. The molecule has 0 saturated carbocycles. The average Bonchev–Trinajstić information content (AvgIpc) is 3.51. The van der Waals surface area contributed by atoms with Crippen LogP contribution in [0.1, 0.15) is 54.9 Å². The minimum Gasteiger partial charge on any atom is -0.468 e. The number of imidazole rings is 1. The highest BCUT2D eigenvalue weighted by molar-refractivity contribution is 14.0. The number of halogens is 1. The van der Waals surface area contributed by atoms with Crippen molar-refractivity contribution in [2.75, 3.05) is 26.2 Å². The molecule has 34 heavy (non-hydrogen) atoms. The van der Waals surface area contributed by atoms with Crippen molar-refractivity contribution in [2.24, 2.45) is 4.99 Å². The molecule has 1 fully saturated rings. The Balaban J connectivity index is 0.00000324. The van der Waals surface area contributed by atoms with Crippen molar-refractivity contribution in [3.63, 3.8) is 0 Å². The lowest BCUT2D eigenvalue weighted by atomic mass is 10.1. The van der Waals surface area contributed by atoms with E-state index in [0.717, 1.165) is 50.3 Å². The van der Waals surface area contributed by atoms with Gasteiger partial charge >= 0.3 is 0 Å². The Bertz CT molecular complexity index is 1010. The molecule has 7 nitrogen and oxygen atoms in total. The first kappa shape index (κ1) is 26.3. The SMILES string of the molecule is CCNC(=NCc1cccc(Cn2ccnc2C)c1)NCC(c1ccco1)N1CCCCC1.I. The Labute approximate surface area is 220 Å². The van der Waals surface area contributed by atoms with Gasteiger partial charge in [-0.1, -0.05) is 30.7 Å². The molecule has 2 N–H and O–H groups in total. The monoisotopic (exact) mass is 576 g/mol. The summed E-state index contributed by atoms with van der Waals surface area (Å²) in [6.07, 6.45) is 9.45. The molecule has 1 aliphatic rings. The van der Waals surface area contributed by atoms with Gasteiger partial charge in [-0.3, -0.25) is 4.90 Å². The van der Waals surface area contributed by atoms with Crippen LogP contribution in [-0.4, -0.2) is 46.6 Å². The van der Waals surface area contributed by atoms with Gasteiger partial charge in [-0.15, -0.1) is 24.0 Å². The van der Waals surface area contributed by atoms with Gasteiger partial charge in [0, 0.05) is 32.0 Å². The minimum atomic E-state index is 0. The number of piperidine rings is 1. The molecular weight excluding hydrogens is 539 g/mol. The molecule has 0 radical (unpaired) electrons. The van der Waals surface area contributed by atoms with E-state index in [9.17, 15) is 0 Å². The van der Waals surface area contributed by atoms with E-state index >= 15 is 0 Å². The first-order valence-electron chi connectivity index (χ1n) is 12.1. The Morgan fingerprint density at radius 1 is 1.12 bits per heavy atom. The third-order valence-corrected chi connectivity index (χ3v) is 6.20. The topological polar surface area (TPSA) is 70.6 Å². The summed E-state index contributed by atoms with van der Waals surface area (Å²) in [4.78, 5) is 11.7. The van der Waals surface area contributed by atoms with Gasteiger partial charge in [0.25, 0.3) is 0 Å². The van der Waals surface area contributed by atoms with Crippen LogP contribution in [0, 0.1) is 6.92 Å². The minimum absolute atomic E-state index is 0. The first-order valence-corrected chi connectivity index (χ1v) is 12.1. The van der Waals surface area contributed by atoms with E-state index in [1.165, 1.54) is 30.4 Å². The van der Waals surface area contributed by atoms with Crippen molar-refractivity contribution in [3.05, 3.63) is 77.8 Å². The second kappa shape index (κ2) is 13.5. The van der Waals surface area contributed by atoms with Gasteiger partial charge in [-0.2, -0.15) is 0 Å². The number of hydrogen-bond donors (Lipinski definition) is 2. The van der Waals surface area contributed by atoms with Crippen molar-refractivity contribution < 1.29 is 4.42 Å². The standard InChI is InChI=1S/C26H36N6O.HI/c1-3-27-26(30-19-24(25-11-8-16-33-25)31-13-5-4-6-14-31)29-18-22-9-7-10-23(17-22)20-32-15-12-28-21(32)2;/h7-12,15-17,24H,3-6,13-14,18-20H2,1-2H3,(H2,27,29,30);1H. The Morgan fingerprint density at radius 3 is 2.65 bits per heavy atom. The second-order valence-corrected chi connectivity index (χ2v) is 8.63. The maximum Gasteiger partial charge on any atom is 0.191 e. The average molecular weight is 577 g/mol. The van der Waals surface area contributed by atoms with Gasteiger partial charge in [0.1, 0.15) is 11.6 Å². The van der Waals surface area contributed by atoms with Crippen molar-refractivity contribution in [1.82, 2.24) is 25.1 Å².